The van der Waals surface area contributed by atoms with Crippen LogP contribution >= 0.6 is 50.7 Å². The smallest absolute Gasteiger partial charge is 0.335 e. The zero-order valence-corrected chi connectivity index (χ0v) is 13.5. The first-order valence-electron chi connectivity index (χ1n) is 5.23. The van der Waals surface area contributed by atoms with Gasteiger partial charge >= 0.3 is 5.97 Å². The fourth-order valence-corrected chi connectivity index (χ4v) is 2.45. The van der Waals surface area contributed by atoms with Gasteiger partial charge in [-0.15, -0.1) is 0 Å². The Kier molecular flexibility index (Phi) is 4.81. The lowest BCUT2D eigenvalue weighted by atomic mass is 10.2. The van der Waals surface area contributed by atoms with Gasteiger partial charge in [-0.1, -0.05) is 34.8 Å². The summed E-state index contributed by atoms with van der Waals surface area (Å²) in [7, 11) is 0. The number of hydrogen-bond acceptors (Lipinski definition) is 2. The zero-order chi connectivity index (χ0) is 14.9. The van der Waals surface area contributed by atoms with Crippen molar-refractivity contribution in [1.29, 1.82) is 0 Å². The SMILES string of the molecule is O=C(O)c1ccc(Oc2cc(Cl)c(Cl)cc2Cl)c(Br)c1. The molecule has 0 amide bonds. The van der Waals surface area contributed by atoms with Gasteiger partial charge in [0.1, 0.15) is 11.5 Å². The van der Waals surface area contributed by atoms with Gasteiger partial charge in [0.25, 0.3) is 0 Å². The quantitative estimate of drug-likeness (QED) is 0.657. The molecular formula is C13H6BrCl3O3. The molecule has 0 aliphatic heterocycles. The van der Waals surface area contributed by atoms with Crippen LogP contribution in [0.15, 0.2) is 34.8 Å². The highest BCUT2D eigenvalue weighted by Gasteiger charge is 2.12. The van der Waals surface area contributed by atoms with E-state index in [2.05, 4.69) is 15.9 Å². The molecule has 104 valence electrons. The summed E-state index contributed by atoms with van der Waals surface area (Å²) in [6.07, 6.45) is 0. The fourth-order valence-electron chi connectivity index (χ4n) is 1.42. The Morgan fingerprint density at radius 2 is 1.65 bits per heavy atom. The third-order valence-corrected chi connectivity index (χ3v) is 4.01. The first-order valence-corrected chi connectivity index (χ1v) is 7.16. The van der Waals surface area contributed by atoms with Crippen LogP contribution < -0.4 is 4.74 Å². The van der Waals surface area contributed by atoms with Crippen molar-refractivity contribution in [3.8, 4) is 11.5 Å². The van der Waals surface area contributed by atoms with Crippen LogP contribution in [0.4, 0.5) is 0 Å². The van der Waals surface area contributed by atoms with Crippen LogP contribution in [-0.4, -0.2) is 11.1 Å². The molecule has 1 N–H and O–H groups in total. The van der Waals surface area contributed by atoms with E-state index >= 15 is 0 Å². The van der Waals surface area contributed by atoms with E-state index in [0.29, 0.717) is 31.0 Å². The van der Waals surface area contributed by atoms with Crippen molar-refractivity contribution in [1.82, 2.24) is 0 Å². The Morgan fingerprint density at radius 1 is 1.00 bits per heavy atom. The fraction of sp³-hybridized carbons (Fsp3) is 0. The number of aromatic carboxylic acids is 1. The van der Waals surface area contributed by atoms with Gasteiger partial charge in [0.2, 0.25) is 0 Å². The average Bonchev–Trinajstić information content (AvgIpc) is 2.37. The molecule has 20 heavy (non-hydrogen) atoms. The predicted molar refractivity (Wildman–Crippen MR) is 82.6 cm³/mol. The monoisotopic (exact) mass is 394 g/mol. The Labute approximate surface area is 138 Å². The van der Waals surface area contributed by atoms with Gasteiger partial charge in [-0.2, -0.15) is 0 Å². The summed E-state index contributed by atoms with van der Waals surface area (Å²) in [6, 6.07) is 7.34. The molecule has 0 saturated carbocycles. The van der Waals surface area contributed by atoms with Crippen LogP contribution in [0.5, 0.6) is 11.5 Å². The summed E-state index contributed by atoms with van der Waals surface area (Å²) < 4.78 is 6.08. The van der Waals surface area contributed by atoms with Gasteiger partial charge in [0.15, 0.2) is 0 Å². The zero-order valence-electron chi connectivity index (χ0n) is 9.66. The van der Waals surface area contributed by atoms with Gasteiger partial charge < -0.3 is 9.84 Å². The summed E-state index contributed by atoms with van der Waals surface area (Å²) in [5, 5.41) is 9.82. The first kappa shape index (κ1) is 15.4. The molecule has 0 saturated heterocycles. The van der Waals surface area contributed by atoms with Gasteiger partial charge in [-0.05, 0) is 40.2 Å². The molecule has 3 nitrogen and oxygen atoms in total. The Bertz CT molecular complexity index is 689. The molecule has 0 heterocycles. The van der Waals surface area contributed by atoms with Crippen LogP contribution in [-0.2, 0) is 0 Å². The highest BCUT2D eigenvalue weighted by molar-refractivity contribution is 9.10. The van der Waals surface area contributed by atoms with E-state index in [1.54, 1.807) is 0 Å². The Hall–Kier alpha value is -0.940. The van der Waals surface area contributed by atoms with Crippen LogP contribution in [0, 0.1) is 0 Å². The third kappa shape index (κ3) is 3.38. The maximum absolute atomic E-state index is 10.8. The van der Waals surface area contributed by atoms with E-state index in [0.717, 1.165) is 0 Å². The molecule has 0 fully saturated rings. The van der Waals surface area contributed by atoms with Crippen LogP contribution in [0.3, 0.4) is 0 Å². The Balaban J connectivity index is 2.35. The largest absolute Gasteiger partial charge is 0.478 e. The molecule has 0 spiro atoms. The Morgan fingerprint density at radius 3 is 2.25 bits per heavy atom. The standard InChI is InChI=1S/C13H6BrCl3O3/c14-7-3-6(13(18)19)1-2-11(7)20-12-5-9(16)8(15)4-10(12)17/h1-5H,(H,18,19). The second-order valence-electron chi connectivity index (χ2n) is 3.75. The summed E-state index contributed by atoms with van der Waals surface area (Å²) in [4.78, 5) is 10.8. The van der Waals surface area contributed by atoms with E-state index in [1.807, 2.05) is 0 Å². The number of rotatable bonds is 3. The lowest BCUT2D eigenvalue weighted by Crippen LogP contribution is -1.96. The first-order chi connectivity index (χ1) is 9.38. The van der Waals surface area contributed by atoms with Crippen molar-refractivity contribution in [3.63, 3.8) is 0 Å². The van der Waals surface area contributed by atoms with Crippen molar-refractivity contribution in [2.45, 2.75) is 0 Å². The summed E-state index contributed by atoms with van der Waals surface area (Å²) in [5.74, 6) is -0.287. The van der Waals surface area contributed by atoms with E-state index in [1.165, 1.54) is 30.3 Å². The number of carbonyl (C=O) groups is 1. The van der Waals surface area contributed by atoms with E-state index in [9.17, 15) is 4.79 Å². The van der Waals surface area contributed by atoms with Crippen molar-refractivity contribution >= 4 is 56.7 Å². The highest BCUT2D eigenvalue weighted by atomic mass is 79.9. The minimum absolute atomic E-state index is 0.143. The van der Waals surface area contributed by atoms with Gasteiger partial charge in [-0.3, -0.25) is 0 Å². The van der Waals surface area contributed by atoms with E-state index < -0.39 is 5.97 Å². The minimum Gasteiger partial charge on any atom is -0.478 e. The summed E-state index contributed by atoms with van der Waals surface area (Å²) >= 11 is 21.0. The molecule has 0 aliphatic carbocycles. The van der Waals surface area contributed by atoms with Crippen molar-refractivity contribution in [3.05, 3.63) is 55.4 Å². The van der Waals surface area contributed by atoms with Crippen molar-refractivity contribution in [2.24, 2.45) is 0 Å². The van der Waals surface area contributed by atoms with Gasteiger partial charge in [0, 0.05) is 6.07 Å². The second kappa shape index (κ2) is 6.22. The number of halogens is 4. The topological polar surface area (TPSA) is 46.5 Å². The second-order valence-corrected chi connectivity index (χ2v) is 5.83. The normalized spacial score (nSPS) is 10.4. The third-order valence-electron chi connectivity index (χ3n) is 2.37. The molecule has 2 aromatic rings. The molecule has 0 atom stereocenters. The highest BCUT2D eigenvalue weighted by Crippen LogP contribution is 2.38. The van der Waals surface area contributed by atoms with E-state index in [-0.39, 0.29) is 5.56 Å². The van der Waals surface area contributed by atoms with Gasteiger partial charge in [0.05, 0.1) is 25.1 Å². The number of carboxylic acid groups (broad SMARTS) is 1. The molecule has 0 aliphatic rings. The molecular weight excluding hydrogens is 390 g/mol. The van der Waals surface area contributed by atoms with Crippen molar-refractivity contribution in [2.75, 3.05) is 0 Å². The maximum atomic E-state index is 10.8. The van der Waals surface area contributed by atoms with Crippen LogP contribution in [0.1, 0.15) is 10.4 Å². The maximum Gasteiger partial charge on any atom is 0.335 e. The minimum atomic E-state index is -1.02. The molecule has 0 radical (unpaired) electrons. The number of carboxylic acids is 1. The number of hydrogen-bond donors (Lipinski definition) is 1. The van der Waals surface area contributed by atoms with Crippen LogP contribution in [0.25, 0.3) is 0 Å². The van der Waals surface area contributed by atoms with Gasteiger partial charge in [-0.25, -0.2) is 4.79 Å². The summed E-state index contributed by atoms with van der Waals surface area (Å²) in [6.45, 7) is 0. The molecule has 2 aromatic carbocycles. The number of benzene rings is 2. The predicted octanol–water partition coefficient (Wildman–Crippen LogP) is 5.90. The van der Waals surface area contributed by atoms with Crippen LogP contribution in [0.2, 0.25) is 15.1 Å². The van der Waals surface area contributed by atoms with Crippen molar-refractivity contribution < 1.29 is 14.6 Å². The molecule has 0 bridgehead atoms. The van der Waals surface area contributed by atoms with E-state index in [4.69, 9.17) is 44.6 Å². The molecule has 0 unspecified atom stereocenters. The number of ether oxygens (including phenoxy) is 1. The lowest BCUT2D eigenvalue weighted by molar-refractivity contribution is 0.0697. The summed E-state index contributed by atoms with van der Waals surface area (Å²) in [5.41, 5.74) is 0.143. The lowest BCUT2D eigenvalue weighted by Gasteiger charge is -2.11. The molecule has 7 heteroatoms. The average molecular weight is 396 g/mol. The molecule has 2 rings (SSSR count). The molecule has 0 aromatic heterocycles.